The van der Waals surface area contributed by atoms with Crippen LogP contribution in [0.1, 0.15) is 19.8 Å². The van der Waals surface area contributed by atoms with Gasteiger partial charge in [-0.15, -0.1) is 0 Å². The van der Waals surface area contributed by atoms with E-state index in [0.717, 1.165) is 0 Å². The molecule has 118 valence electrons. The van der Waals surface area contributed by atoms with Gasteiger partial charge in [-0.3, -0.25) is 24.4 Å². The summed E-state index contributed by atoms with van der Waals surface area (Å²) in [4.78, 5) is 47.4. The van der Waals surface area contributed by atoms with Crippen molar-refractivity contribution in [2.24, 2.45) is 5.92 Å². The number of likely N-dealkylation sites (N-methyl/N-ethyl adjacent to an activating group) is 1. The number of amides is 4. The zero-order valence-corrected chi connectivity index (χ0v) is 12.0. The molecule has 9 heteroatoms. The van der Waals surface area contributed by atoms with Gasteiger partial charge in [0.15, 0.2) is 0 Å². The van der Waals surface area contributed by atoms with Crippen LogP contribution in [0, 0.1) is 5.92 Å². The summed E-state index contributed by atoms with van der Waals surface area (Å²) in [6.45, 7) is 1.71. The van der Waals surface area contributed by atoms with Crippen LogP contribution in [0.3, 0.4) is 0 Å². The zero-order valence-electron chi connectivity index (χ0n) is 12.0. The molecule has 21 heavy (non-hydrogen) atoms. The number of nitrogens with zero attached hydrogens (tertiary/aromatic N) is 1. The summed E-state index contributed by atoms with van der Waals surface area (Å²) < 4.78 is 0. The van der Waals surface area contributed by atoms with Crippen molar-refractivity contribution in [3.05, 3.63) is 0 Å². The van der Waals surface area contributed by atoms with E-state index in [2.05, 4.69) is 10.6 Å². The van der Waals surface area contributed by atoms with Crippen molar-refractivity contribution in [2.45, 2.75) is 25.8 Å². The second-order valence-electron chi connectivity index (χ2n) is 4.82. The molecule has 1 rings (SSSR count). The number of carbonyl (C=O) groups is 4. The van der Waals surface area contributed by atoms with Crippen molar-refractivity contribution in [3.8, 4) is 0 Å². The molecule has 2 atom stereocenters. The minimum absolute atomic E-state index is 0.0280. The minimum Gasteiger partial charge on any atom is -0.358 e. The lowest BCUT2D eigenvalue weighted by molar-refractivity contribution is -0.143. The fourth-order valence-corrected chi connectivity index (χ4v) is 2.14. The van der Waals surface area contributed by atoms with Gasteiger partial charge in [-0.05, 0) is 13.3 Å². The van der Waals surface area contributed by atoms with Crippen LogP contribution in [-0.2, 0) is 19.2 Å². The Morgan fingerprint density at radius 3 is 2.62 bits per heavy atom. The van der Waals surface area contributed by atoms with Crippen molar-refractivity contribution in [3.63, 3.8) is 0 Å². The molecule has 9 nitrogen and oxygen atoms in total. The van der Waals surface area contributed by atoms with Crippen LogP contribution in [-0.4, -0.2) is 59.9 Å². The van der Waals surface area contributed by atoms with Gasteiger partial charge >= 0.3 is 0 Å². The number of hydrogen-bond donors (Lipinski definition) is 4. The van der Waals surface area contributed by atoms with Crippen molar-refractivity contribution >= 4 is 23.6 Å². The van der Waals surface area contributed by atoms with Gasteiger partial charge < -0.3 is 15.5 Å². The fraction of sp³-hybridized carbons (Fsp3) is 0.667. The van der Waals surface area contributed by atoms with E-state index in [1.165, 1.54) is 24.4 Å². The second-order valence-corrected chi connectivity index (χ2v) is 4.82. The summed E-state index contributed by atoms with van der Waals surface area (Å²) in [5, 5.41) is 13.4. The Kier molecular flexibility index (Phi) is 6.10. The van der Waals surface area contributed by atoms with E-state index in [9.17, 15) is 19.2 Å². The topological polar surface area (TPSA) is 128 Å². The summed E-state index contributed by atoms with van der Waals surface area (Å²) in [5.74, 6) is -2.20. The van der Waals surface area contributed by atoms with Crippen LogP contribution in [0.25, 0.3) is 0 Å². The largest absolute Gasteiger partial charge is 0.358 e. The molecule has 2 unspecified atom stereocenters. The number of carbonyl (C=O) groups excluding carboxylic acids is 4. The average Bonchev–Trinajstić information content (AvgIpc) is 2.84. The van der Waals surface area contributed by atoms with Crippen LogP contribution >= 0.6 is 0 Å². The molecule has 0 saturated carbocycles. The highest BCUT2D eigenvalue weighted by atomic mass is 16.5. The van der Waals surface area contributed by atoms with Gasteiger partial charge in [0.2, 0.25) is 17.7 Å². The van der Waals surface area contributed by atoms with E-state index >= 15 is 0 Å². The third-order valence-electron chi connectivity index (χ3n) is 3.46. The highest BCUT2D eigenvalue weighted by Gasteiger charge is 2.37. The van der Waals surface area contributed by atoms with Crippen LogP contribution in [0.15, 0.2) is 0 Å². The summed E-state index contributed by atoms with van der Waals surface area (Å²) in [6.07, 6.45) is 0.426. The number of hydrogen-bond acceptors (Lipinski definition) is 5. The number of nitrogens with one attached hydrogen (secondary N) is 3. The Balaban J connectivity index is 2.48. The predicted octanol–water partition coefficient (Wildman–Crippen LogP) is -2.02. The monoisotopic (exact) mass is 300 g/mol. The normalized spacial score (nSPS) is 19.1. The standard InChI is InChI=1S/C12H20N4O5/c1-7(11(19)15-21)16-4-3-8(12(16)20)5-9(17)14-6-10(18)13-2/h7-8,21H,3-6H2,1-2H3,(H,13,18)(H,14,17)(H,15,19). The molecule has 1 saturated heterocycles. The van der Waals surface area contributed by atoms with E-state index in [1.54, 1.807) is 0 Å². The van der Waals surface area contributed by atoms with Gasteiger partial charge in [-0.25, -0.2) is 5.48 Å². The molecule has 0 spiro atoms. The summed E-state index contributed by atoms with van der Waals surface area (Å²) in [5.41, 5.74) is 1.50. The highest BCUT2D eigenvalue weighted by Crippen LogP contribution is 2.23. The van der Waals surface area contributed by atoms with Gasteiger partial charge in [0.25, 0.3) is 5.91 Å². The Morgan fingerprint density at radius 2 is 2.05 bits per heavy atom. The average molecular weight is 300 g/mol. The molecule has 4 amide bonds. The lowest BCUT2D eigenvalue weighted by Gasteiger charge is -2.22. The van der Waals surface area contributed by atoms with E-state index in [0.29, 0.717) is 13.0 Å². The molecule has 0 aromatic rings. The molecule has 0 aromatic carbocycles. The third-order valence-corrected chi connectivity index (χ3v) is 3.46. The molecule has 0 aromatic heterocycles. The Hall–Kier alpha value is -2.16. The Bertz CT molecular complexity index is 439. The predicted molar refractivity (Wildman–Crippen MR) is 70.9 cm³/mol. The lowest BCUT2D eigenvalue weighted by Crippen LogP contribution is -2.45. The van der Waals surface area contributed by atoms with Gasteiger partial charge in [0.1, 0.15) is 6.04 Å². The summed E-state index contributed by atoms with van der Waals surface area (Å²) in [6, 6.07) is -0.790. The molecule has 1 fully saturated rings. The van der Waals surface area contributed by atoms with Crippen molar-refractivity contribution in [2.75, 3.05) is 20.1 Å². The maximum Gasteiger partial charge on any atom is 0.265 e. The number of likely N-dealkylation sites (tertiary alicyclic amines) is 1. The molecule has 0 radical (unpaired) electrons. The molecule has 0 aliphatic carbocycles. The van der Waals surface area contributed by atoms with Gasteiger partial charge in [0.05, 0.1) is 6.54 Å². The van der Waals surface area contributed by atoms with Crippen molar-refractivity contribution in [1.82, 2.24) is 21.0 Å². The second kappa shape index (κ2) is 7.58. The maximum absolute atomic E-state index is 12.1. The van der Waals surface area contributed by atoms with Crippen LogP contribution in [0.5, 0.6) is 0 Å². The van der Waals surface area contributed by atoms with Crippen LogP contribution in [0.2, 0.25) is 0 Å². The molecule has 4 N–H and O–H groups in total. The molecular formula is C12H20N4O5. The molecule has 0 bridgehead atoms. The highest BCUT2D eigenvalue weighted by molar-refractivity contribution is 5.92. The van der Waals surface area contributed by atoms with Crippen molar-refractivity contribution in [1.29, 1.82) is 0 Å². The summed E-state index contributed by atoms with van der Waals surface area (Å²) in [7, 11) is 1.46. The van der Waals surface area contributed by atoms with Crippen LogP contribution < -0.4 is 16.1 Å². The van der Waals surface area contributed by atoms with Gasteiger partial charge in [0, 0.05) is 25.9 Å². The number of rotatable bonds is 6. The van der Waals surface area contributed by atoms with E-state index in [1.807, 2.05) is 0 Å². The smallest absolute Gasteiger partial charge is 0.265 e. The first-order valence-electron chi connectivity index (χ1n) is 6.62. The molecular weight excluding hydrogens is 280 g/mol. The summed E-state index contributed by atoms with van der Waals surface area (Å²) >= 11 is 0. The Morgan fingerprint density at radius 1 is 1.38 bits per heavy atom. The fourth-order valence-electron chi connectivity index (χ4n) is 2.14. The van der Waals surface area contributed by atoms with E-state index in [4.69, 9.17) is 5.21 Å². The minimum atomic E-state index is -0.790. The Labute approximate surface area is 122 Å². The molecule has 1 heterocycles. The quantitative estimate of drug-likeness (QED) is 0.332. The first-order valence-corrected chi connectivity index (χ1v) is 6.62. The van der Waals surface area contributed by atoms with Gasteiger partial charge in [-0.1, -0.05) is 0 Å². The first kappa shape index (κ1) is 16.9. The van der Waals surface area contributed by atoms with Crippen molar-refractivity contribution < 1.29 is 24.4 Å². The molecule has 1 aliphatic heterocycles. The SMILES string of the molecule is CNC(=O)CNC(=O)CC1CCN(C(C)C(=O)NO)C1=O. The maximum atomic E-state index is 12.1. The zero-order chi connectivity index (χ0) is 16.0. The van der Waals surface area contributed by atoms with Gasteiger partial charge in [-0.2, -0.15) is 0 Å². The van der Waals surface area contributed by atoms with E-state index < -0.39 is 23.8 Å². The van der Waals surface area contributed by atoms with Crippen LogP contribution in [0.4, 0.5) is 0 Å². The lowest BCUT2D eigenvalue weighted by atomic mass is 10.0. The third kappa shape index (κ3) is 4.42. The first-order chi connectivity index (χ1) is 9.90. The molecule has 1 aliphatic rings. The van der Waals surface area contributed by atoms with E-state index in [-0.39, 0.29) is 24.8 Å². The number of hydroxylamine groups is 1.